The van der Waals surface area contributed by atoms with E-state index in [-0.39, 0.29) is 12.5 Å². The van der Waals surface area contributed by atoms with Crippen molar-refractivity contribution in [1.82, 2.24) is 4.90 Å². The van der Waals surface area contributed by atoms with Gasteiger partial charge >= 0.3 is 5.97 Å². The first-order valence-electron chi connectivity index (χ1n) is 5.46. The van der Waals surface area contributed by atoms with E-state index in [9.17, 15) is 9.59 Å². The Labute approximate surface area is 118 Å². The number of benzene rings is 1. The monoisotopic (exact) mass is 331 g/mol. The molecule has 96 valence electrons. The molecule has 0 aromatic heterocycles. The van der Waals surface area contributed by atoms with Crippen LogP contribution >= 0.6 is 27.5 Å². The van der Waals surface area contributed by atoms with Crippen molar-refractivity contribution in [3.8, 4) is 0 Å². The summed E-state index contributed by atoms with van der Waals surface area (Å²) in [6.07, 6.45) is 0.499. The summed E-state index contributed by atoms with van der Waals surface area (Å²) in [5.74, 6) is -1.50. The number of rotatable bonds is 2. The molecule has 4 nitrogen and oxygen atoms in total. The van der Waals surface area contributed by atoms with Gasteiger partial charge in [0.05, 0.1) is 11.5 Å². The quantitative estimate of drug-likeness (QED) is 0.906. The van der Waals surface area contributed by atoms with Crippen LogP contribution in [0.5, 0.6) is 0 Å². The van der Waals surface area contributed by atoms with Gasteiger partial charge in [-0.1, -0.05) is 11.6 Å². The van der Waals surface area contributed by atoms with E-state index in [1.807, 2.05) is 0 Å². The van der Waals surface area contributed by atoms with Crippen LogP contribution < -0.4 is 0 Å². The SMILES string of the molecule is O=C(O)[C@@H]1CCN(C(=O)c2cc(Cl)ccc2Br)C1. The molecule has 1 aliphatic rings. The predicted octanol–water partition coefficient (Wildman–Crippen LogP) is 2.65. The summed E-state index contributed by atoms with van der Waals surface area (Å²) in [6.45, 7) is 0.724. The van der Waals surface area contributed by atoms with Gasteiger partial charge < -0.3 is 10.0 Å². The smallest absolute Gasteiger partial charge is 0.308 e. The lowest BCUT2D eigenvalue weighted by Gasteiger charge is -2.16. The number of halogens is 2. The minimum Gasteiger partial charge on any atom is -0.481 e. The summed E-state index contributed by atoms with van der Waals surface area (Å²) in [7, 11) is 0. The van der Waals surface area contributed by atoms with Crippen LogP contribution in [0.25, 0.3) is 0 Å². The molecule has 1 aliphatic heterocycles. The van der Waals surface area contributed by atoms with Gasteiger partial charge in [-0.3, -0.25) is 9.59 Å². The van der Waals surface area contributed by atoms with E-state index in [1.54, 1.807) is 23.1 Å². The van der Waals surface area contributed by atoms with Crippen LogP contribution in [0.4, 0.5) is 0 Å². The van der Waals surface area contributed by atoms with E-state index in [2.05, 4.69) is 15.9 Å². The molecule has 1 atom stereocenters. The average Bonchev–Trinajstić information content (AvgIpc) is 2.81. The van der Waals surface area contributed by atoms with Crippen LogP contribution in [-0.4, -0.2) is 35.0 Å². The Morgan fingerprint density at radius 3 is 2.78 bits per heavy atom. The number of likely N-dealkylation sites (tertiary alicyclic amines) is 1. The second-order valence-corrected chi connectivity index (χ2v) is 5.49. The van der Waals surface area contributed by atoms with Crippen molar-refractivity contribution in [2.75, 3.05) is 13.1 Å². The minimum atomic E-state index is -0.851. The number of carbonyl (C=O) groups is 2. The van der Waals surface area contributed by atoms with Crippen LogP contribution in [0.3, 0.4) is 0 Å². The second-order valence-electron chi connectivity index (χ2n) is 4.20. The fourth-order valence-electron chi connectivity index (χ4n) is 1.98. The summed E-state index contributed by atoms with van der Waals surface area (Å²) in [4.78, 5) is 24.6. The van der Waals surface area contributed by atoms with Crippen LogP contribution in [0, 0.1) is 5.92 Å². The average molecular weight is 333 g/mol. The molecule has 1 amide bonds. The Bertz CT molecular complexity index is 506. The number of carboxylic acids is 1. The van der Waals surface area contributed by atoms with Gasteiger partial charge in [-0.15, -0.1) is 0 Å². The van der Waals surface area contributed by atoms with Gasteiger partial charge in [0.1, 0.15) is 0 Å². The number of carbonyl (C=O) groups excluding carboxylic acids is 1. The number of hydrogen-bond donors (Lipinski definition) is 1. The fourth-order valence-corrected chi connectivity index (χ4v) is 2.57. The summed E-state index contributed by atoms with van der Waals surface area (Å²) < 4.78 is 0.663. The van der Waals surface area contributed by atoms with Crippen LogP contribution in [0.2, 0.25) is 5.02 Å². The highest BCUT2D eigenvalue weighted by atomic mass is 79.9. The van der Waals surface area contributed by atoms with Crippen LogP contribution in [0.15, 0.2) is 22.7 Å². The van der Waals surface area contributed by atoms with Crippen molar-refractivity contribution >= 4 is 39.4 Å². The van der Waals surface area contributed by atoms with Gasteiger partial charge in [0, 0.05) is 22.6 Å². The Kier molecular flexibility index (Phi) is 3.92. The molecule has 1 saturated heterocycles. The van der Waals surface area contributed by atoms with E-state index >= 15 is 0 Å². The third-order valence-corrected chi connectivity index (χ3v) is 3.91. The topological polar surface area (TPSA) is 57.6 Å². The van der Waals surface area contributed by atoms with E-state index in [4.69, 9.17) is 16.7 Å². The van der Waals surface area contributed by atoms with E-state index in [1.165, 1.54) is 0 Å². The molecule has 0 unspecified atom stereocenters. The van der Waals surface area contributed by atoms with E-state index in [0.717, 1.165) is 0 Å². The summed E-state index contributed by atoms with van der Waals surface area (Å²) >= 11 is 9.16. The van der Waals surface area contributed by atoms with Crippen molar-refractivity contribution in [3.63, 3.8) is 0 Å². The standard InChI is InChI=1S/C12H11BrClNO3/c13-10-2-1-8(14)5-9(10)11(16)15-4-3-7(6-15)12(17)18/h1-2,5,7H,3-4,6H2,(H,17,18)/t7-/m1/s1. The number of hydrogen-bond acceptors (Lipinski definition) is 2. The molecule has 0 aliphatic carbocycles. The lowest BCUT2D eigenvalue weighted by atomic mass is 10.1. The molecule has 0 bridgehead atoms. The largest absolute Gasteiger partial charge is 0.481 e. The molecule has 0 radical (unpaired) electrons. The van der Waals surface area contributed by atoms with E-state index in [0.29, 0.717) is 28.0 Å². The van der Waals surface area contributed by atoms with Gasteiger partial charge in [-0.05, 0) is 40.5 Å². The molecular formula is C12H11BrClNO3. The molecule has 1 N–H and O–H groups in total. The van der Waals surface area contributed by atoms with Gasteiger partial charge in [-0.2, -0.15) is 0 Å². The summed E-state index contributed by atoms with van der Waals surface area (Å²) in [6, 6.07) is 4.98. The predicted molar refractivity (Wildman–Crippen MR) is 70.8 cm³/mol. The Hall–Kier alpha value is -1.07. The van der Waals surface area contributed by atoms with Crippen molar-refractivity contribution in [2.45, 2.75) is 6.42 Å². The molecule has 0 saturated carbocycles. The third kappa shape index (κ3) is 2.67. The zero-order valence-electron chi connectivity index (χ0n) is 9.40. The fraction of sp³-hybridized carbons (Fsp3) is 0.333. The number of carboxylic acid groups (broad SMARTS) is 1. The zero-order chi connectivity index (χ0) is 13.3. The van der Waals surface area contributed by atoms with Crippen molar-refractivity contribution < 1.29 is 14.7 Å². The maximum absolute atomic E-state index is 12.2. The van der Waals surface area contributed by atoms with Gasteiger partial charge in [0.15, 0.2) is 0 Å². The number of amides is 1. The minimum absolute atomic E-state index is 0.187. The van der Waals surface area contributed by atoms with Crippen molar-refractivity contribution in [1.29, 1.82) is 0 Å². The molecule has 18 heavy (non-hydrogen) atoms. The van der Waals surface area contributed by atoms with E-state index < -0.39 is 11.9 Å². The first-order chi connectivity index (χ1) is 8.49. The summed E-state index contributed by atoms with van der Waals surface area (Å²) in [5, 5.41) is 9.40. The van der Waals surface area contributed by atoms with Gasteiger partial charge in [-0.25, -0.2) is 0 Å². The highest BCUT2D eigenvalue weighted by molar-refractivity contribution is 9.10. The Balaban J connectivity index is 2.17. The second kappa shape index (κ2) is 5.28. The highest BCUT2D eigenvalue weighted by Gasteiger charge is 2.31. The number of nitrogens with zero attached hydrogens (tertiary/aromatic N) is 1. The molecule has 0 spiro atoms. The van der Waals surface area contributed by atoms with Gasteiger partial charge in [0.2, 0.25) is 0 Å². The van der Waals surface area contributed by atoms with Gasteiger partial charge in [0.25, 0.3) is 5.91 Å². The molecule has 2 rings (SSSR count). The van der Waals surface area contributed by atoms with Crippen LogP contribution in [-0.2, 0) is 4.79 Å². The zero-order valence-corrected chi connectivity index (χ0v) is 11.7. The molecule has 1 aromatic carbocycles. The van der Waals surface area contributed by atoms with Crippen LogP contribution in [0.1, 0.15) is 16.8 Å². The first kappa shape index (κ1) is 13.4. The lowest BCUT2D eigenvalue weighted by molar-refractivity contribution is -0.141. The third-order valence-electron chi connectivity index (χ3n) is 2.98. The first-order valence-corrected chi connectivity index (χ1v) is 6.63. The Morgan fingerprint density at radius 1 is 1.44 bits per heavy atom. The maximum atomic E-state index is 12.2. The van der Waals surface area contributed by atoms with Crippen molar-refractivity contribution in [3.05, 3.63) is 33.3 Å². The molecule has 1 heterocycles. The Morgan fingerprint density at radius 2 is 2.17 bits per heavy atom. The summed E-state index contributed by atoms with van der Waals surface area (Å²) in [5.41, 5.74) is 0.466. The lowest BCUT2D eigenvalue weighted by Crippen LogP contribution is -2.30. The molecule has 1 fully saturated rings. The number of aliphatic carboxylic acids is 1. The normalized spacial score (nSPS) is 19.0. The van der Waals surface area contributed by atoms with Crippen molar-refractivity contribution in [2.24, 2.45) is 5.92 Å². The molecule has 1 aromatic rings. The highest BCUT2D eigenvalue weighted by Crippen LogP contribution is 2.25. The molecule has 6 heteroatoms. The maximum Gasteiger partial charge on any atom is 0.308 e. The molecular weight excluding hydrogens is 321 g/mol.